The maximum Gasteiger partial charge on any atom is 0.340 e. The Bertz CT molecular complexity index is 1140. The lowest BCUT2D eigenvalue weighted by atomic mass is 10.2. The zero-order valence-electron chi connectivity index (χ0n) is 18.6. The lowest BCUT2D eigenvalue weighted by Crippen LogP contribution is -2.22. The Hall–Kier alpha value is -4.21. The van der Waals surface area contributed by atoms with Gasteiger partial charge in [0.15, 0.2) is 5.69 Å². The molecule has 0 unspecified atom stereocenters. The minimum Gasteiger partial charge on any atom is -0.494 e. The average Bonchev–Trinajstić information content (AvgIpc) is 3.15. The second-order valence-electron chi connectivity index (χ2n) is 6.91. The first-order valence-corrected chi connectivity index (χ1v) is 10.4. The first-order chi connectivity index (χ1) is 15.9. The number of carbonyl (C=O) groups is 3. The van der Waals surface area contributed by atoms with Gasteiger partial charge in [-0.25, -0.2) is 9.48 Å². The number of para-hydroxylation sites is 1. The summed E-state index contributed by atoms with van der Waals surface area (Å²) in [5.74, 6) is -0.707. The number of nitrogens with zero attached hydrogens (tertiary/aromatic N) is 3. The summed E-state index contributed by atoms with van der Waals surface area (Å²) in [5, 5.41) is 13.3. The Labute approximate surface area is 190 Å². The fourth-order valence-electron chi connectivity index (χ4n) is 3.02. The molecule has 10 heteroatoms. The SMILES string of the molecule is CCOC(=O)c1ccccc1NC(=O)Cn1nnc(C(=O)Nc2ccc(OCC)cc2)c1C. The minimum atomic E-state index is -0.529. The number of esters is 1. The van der Waals surface area contributed by atoms with Crippen molar-refractivity contribution in [1.29, 1.82) is 0 Å². The molecule has 0 aliphatic rings. The van der Waals surface area contributed by atoms with Crippen molar-refractivity contribution < 1.29 is 23.9 Å². The molecule has 0 aliphatic carbocycles. The zero-order chi connectivity index (χ0) is 23.8. The molecule has 33 heavy (non-hydrogen) atoms. The van der Waals surface area contributed by atoms with Crippen LogP contribution in [-0.4, -0.2) is 46.0 Å². The zero-order valence-corrected chi connectivity index (χ0v) is 18.6. The molecule has 2 aromatic carbocycles. The Morgan fingerprint density at radius 1 is 0.970 bits per heavy atom. The van der Waals surface area contributed by atoms with Crippen molar-refractivity contribution in [2.24, 2.45) is 0 Å². The van der Waals surface area contributed by atoms with Gasteiger partial charge in [0.25, 0.3) is 5.91 Å². The fraction of sp³-hybridized carbons (Fsp3) is 0.261. The van der Waals surface area contributed by atoms with Gasteiger partial charge < -0.3 is 20.1 Å². The van der Waals surface area contributed by atoms with Gasteiger partial charge in [0, 0.05) is 5.69 Å². The molecule has 0 spiro atoms. The van der Waals surface area contributed by atoms with Gasteiger partial charge in [-0.05, 0) is 57.2 Å². The lowest BCUT2D eigenvalue weighted by molar-refractivity contribution is -0.117. The van der Waals surface area contributed by atoms with E-state index in [1.165, 1.54) is 4.68 Å². The lowest BCUT2D eigenvalue weighted by Gasteiger charge is -2.10. The third-order valence-electron chi connectivity index (χ3n) is 4.61. The molecular formula is C23H25N5O5. The molecule has 1 heterocycles. The maximum atomic E-state index is 12.6. The molecule has 3 aromatic rings. The molecule has 2 N–H and O–H groups in total. The summed E-state index contributed by atoms with van der Waals surface area (Å²) in [7, 11) is 0. The van der Waals surface area contributed by atoms with Crippen LogP contribution in [0.5, 0.6) is 5.75 Å². The van der Waals surface area contributed by atoms with Crippen LogP contribution in [0.15, 0.2) is 48.5 Å². The standard InChI is InChI=1S/C23H25N5O5/c1-4-32-17-12-10-16(11-13-17)24-22(30)21-15(3)28(27-26-21)14-20(29)25-19-9-7-6-8-18(19)23(31)33-5-2/h6-13H,4-5,14H2,1-3H3,(H,24,30)(H,25,29). The number of aromatic nitrogens is 3. The fourth-order valence-corrected chi connectivity index (χ4v) is 3.02. The molecule has 10 nitrogen and oxygen atoms in total. The molecular weight excluding hydrogens is 426 g/mol. The monoisotopic (exact) mass is 451 g/mol. The summed E-state index contributed by atoms with van der Waals surface area (Å²) in [6.07, 6.45) is 0. The molecule has 0 saturated heterocycles. The van der Waals surface area contributed by atoms with Crippen molar-refractivity contribution in [3.8, 4) is 5.75 Å². The molecule has 172 valence electrons. The van der Waals surface area contributed by atoms with Crippen molar-refractivity contribution in [1.82, 2.24) is 15.0 Å². The molecule has 0 radical (unpaired) electrons. The summed E-state index contributed by atoms with van der Waals surface area (Å²) < 4.78 is 11.7. The Balaban J connectivity index is 1.65. The number of anilines is 2. The van der Waals surface area contributed by atoms with Crippen LogP contribution in [0, 0.1) is 6.92 Å². The van der Waals surface area contributed by atoms with E-state index in [0.29, 0.717) is 29.4 Å². The molecule has 0 fully saturated rings. The van der Waals surface area contributed by atoms with E-state index < -0.39 is 17.8 Å². The molecule has 1 aromatic heterocycles. The van der Waals surface area contributed by atoms with Gasteiger partial charge in [0.1, 0.15) is 12.3 Å². The largest absolute Gasteiger partial charge is 0.494 e. The summed E-state index contributed by atoms with van der Waals surface area (Å²) in [6.45, 7) is 5.83. The molecule has 0 atom stereocenters. The highest BCUT2D eigenvalue weighted by Gasteiger charge is 2.19. The van der Waals surface area contributed by atoms with E-state index in [2.05, 4.69) is 20.9 Å². The van der Waals surface area contributed by atoms with Crippen LogP contribution in [0.25, 0.3) is 0 Å². The number of nitrogens with one attached hydrogen (secondary N) is 2. The van der Waals surface area contributed by atoms with Crippen LogP contribution in [0.3, 0.4) is 0 Å². The highest BCUT2D eigenvalue weighted by Crippen LogP contribution is 2.18. The Morgan fingerprint density at radius 2 is 1.70 bits per heavy atom. The van der Waals surface area contributed by atoms with Gasteiger partial charge in [-0.1, -0.05) is 17.3 Å². The third-order valence-corrected chi connectivity index (χ3v) is 4.61. The summed E-state index contributed by atoms with van der Waals surface area (Å²) >= 11 is 0. The minimum absolute atomic E-state index is 0.101. The van der Waals surface area contributed by atoms with E-state index in [9.17, 15) is 14.4 Å². The van der Waals surface area contributed by atoms with Gasteiger partial charge in [-0.15, -0.1) is 5.10 Å². The summed E-state index contributed by atoms with van der Waals surface area (Å²) in [6, 6.07) is 13.5. The van der Waals surface area contributed by atoms with Crippen molar-refractivity contribution in [3.63, 3.8) is 0 Å². The second kappa shape index (κ2) is 10.9. The van der Waals surface area contributed by atoms with Crippen LogP contribution in [0.1, 0.15) is 40.4 Å². The van der Waals surface area contributed by atoms with Crippen LogP contribution in [0.2, 0.25) is 0 Å². The molecule has 0 aliphatic heterocycles. The number of hydrogen-bond donors (Lipinski definition) is 2. The first-order valence-electron chi connectivity index (χ1n) is 10.4. The highest BCUT2D eigenvalue weighted by atomic mass is 16.5. The van der Waals surface area contributed by atoms with Crippen molar-refractivity contribution in [2.45, 2.75) is 27.3 Å². The van der Waals surface area contributed by atoms with E-state index in [-0.39, 0.29) is 24.4 Å². The topological polar surface area (TPSA) is 124 Å². The van der Waals surface area contributed by atoms with Gasteiger partial charge in [-0.3, -0.25) is 9.59 Å². The van der Waals surface area contributed by atoms with Gasteiger partial charge >= 0.3 is 5.97 Å². The van der Waals surface area contributed by atoms with Gasteiger partial charge in [-0.2, -0.15) is 0 Å². The number of carbonyl (C=O) groups excluding carboxylic acids is 3. The first kappa shape index (κ1) is 23.5. The molecule has 0 saturated carbocycles. The van der Waals surface area contributed by atoms with Crippen molar-refractivity contribution in [3.05, 3.63) is 65.5 Å². The molecule has 0 bridgehead atoms. The van der Waals surface area contributed by atoms with Crippen LogP contribution >= 0.6 is 0 Å². The van der Waals surface area contributed by atoms with Crippen LogP contribution in [0.4, 0.5) is 11.4 Å². The van der Waals surface area contributed by atoms with Gasteiger partial charge in [0.2, 0.25) is 5.91 Å². The number of hydrogen-bond acceptors (Lipinski definition) is 7. The van der Waals surface area contributed by atoms with Crippen molar-refractivity contribution in [2.75, 3.05) is 23.8 Å². The number of amides is 2. The Morgan fingerprint density at radius 3 is 2.39 bits per heavy atom. The summed E-state index contributed by atoms with van der Waals surface area (Å²) in [5.41, 5.74) is 1.67. The van der Waals surface area contributed by atoms with E-state index >= 15 is 0 Å². The third kappa shape index (κ3) is 5.94. The number of benzene rings is 2. The second-order valence-corrected chi connectivity index (χ2v) is 6.91. The van der Waals surface area contributed by atoms with Crippen LogP contribution < -0.4 is 15.4 Å². The van der Waals surface area contributed by atoms with E-state index in [4.69, 9.17) is 9.47 Å². The van der Waals surface area contributed by atoms with E-state index in [1.54, 1.807) is 62.4 Å². The summed E-state index contributed by atoms with van der Waals surface area (Å²) in [4.78, 5) is 37.3. The predicted molar refractivity (Wildman–Crippen MR) is 121 cm³/mol. The maximum absolute atomic E-state index is 12.6. The normalized spacial score (nSPS) is 10.4. The predicted octanol–water partition coefficient (Wildman–Crippen LogP) is 3.05. The average molecular weight is 451 g/mol. The molecule has 3 rings (SSSR count). The van der Waals surface area contributed by atoms with Crippen LogP contribution in [-0.2, 0) is 16.1 Å². The van der Waals surface area contributed by atoms with E-state index in [0.717, 1.165) is 0 Å². The van der Waals surface area contributed by atoms with E-state index in [1.807, 2.05) is 6.92 Å². The number of ether oxygens (including phenoxy) is 2. The quantitative estimate of drug-likeness (QED) is 0.479. The van der Waals surface area contributed by atoms with Gasteiger partial charge in [0.05, 0.1) is 30.2 Å². The highest BCUT2D eigenvalue weighted by molar-refractivity contribution is 6.04. The van der Waals surface area contributed by atoms with Crippen molar-refractivity contribution >= 4 is 29.2 Å². The Kier molecular flexibility index (Phi) is 7.74. The number of rotatable bonds is 9. The smallest absolute Gasteiger partial charge is 0.340 e. The molecule has 2 amide bonds.